The molecule has 4 aromatic rings. The van der Waals surface area contributed by atoms with Crippen molar-refractivity contribution in [3.63, 3.8) is 0 Å². The van der Waals surface area contributed by atoms with Gasteiger partial charge >= 0.3 is 12.7 Å². The van der Waals surface area contributed by atoms with Crippen molar-refractivity contribution >= 4 is 59.5 Å². The number of rotatable bonds is 13. The van der Waals surface area contributed by atoms with Crippen LogP contribution in [-0.2, 0) is 9.53 Å². The lowest BCUT2D eigenvalue weighted by Gasteiger charge is -2.33. The van der Waals surface area contributed by atoms with E-state index in [1.807, 2.05) is 13.8 Å². The molecule has 1 aliphatic rings. The van der Waals surface area contributed by atoms with E-state index in [0.29, 0.717) is 32.3 Å². The number of hydrogen-bond acceptors (Lipinski definition) is 8. The summed E-state index contributed by atoms with van der Waals surface area (Å²) in [5.74, 6) is -1.20. The predicted octanol–water partition coefficient (Wildman–Crippen LogP) is 9.53. The van der Waals surface area contributed by atoms with Gasteiger partial charge in [0.2, 0.25) is 6.41 Å². The van der Waals surface area contributed by atoms with Gasteiger partial charge in [-0.05, 0) is 66.9 Å². The number of primary amides is 1. The Morgan fingerprint density at radius 3 is 2.16 bits per heavy atom. The highest BCUT2D eigenvalue weighted by Gasteiger charge is 2.65. The number of hydrogen-bond donors (Lipinski definition) is 2. The molecule has 21 heteroatoms. The fourth-order valence-corrected chi connectivity index (χ4v) is 5.42. The average molecular weight is 913 g/mol. The molecule has 4 N–H and O–H groups in total. The van der Waals surface area contributed by atoms with Gasteiger partial charge in [0.1, 0.15) is 12.9 Å². The first-order valence-corrected chi connectivity index (χ1v) is 19.3. The Morgan fingerprint density at radius 2 is 1.67 bits per heavy atom. The zero-order chi connectivity index (χ0) is 48.3. The minimum Gasteiger partial charge on any atom is -0.372 e. The molecule has 1 fully saturated rings. The van der Waals surface area contributed by atoms with Crippen molar-refractivity contribution in [1.82, 2.24) is 19.7 Å². The number of nitrogens with two attached hydrogens (primary N) is 2. The molecule has 0 aliphatic heterocycles. The molecule has 63 heavy (non-hydrogen) atoms. The fraction of sp³-hybridized carbons (Fsp3) is 0.405. The van der Waals surface area contributed by atoms with Crippen LogP contribution in [0.15, 0.2) is 76.0 Å². The van der Waals surface area contributed by atoms with Gasteiger partial charge in [-0.15, -0.1) is 12.8 Å². The number of carbonyl (C=O) groups is 2. The molecule has 2 amide bonds. The second kappa shape index (κ2) is 25.1. The number of halogens is 8. The van der Waals surface area contributed by atoms with E-state index in [-0.39, 0.29) is 41.1 Å². The van der Waals surface area contributed by atoms with E-state index in [0.717, 1.165) is 22.4 Å². The van der Waals surface area contributed by atoms with Crippen LogP contribution in [0.4, 0.5) is 36.4 Å². The van der Waals surface area contributed by atoms with Crippen LogP contribution in [0.1, 0.15) is 82.9 Å². The van der Waals surface area contributed by atoms with Crippen molar-refractivity contribution in [2.45, 2.75) is 85.2 Å². The molecule has 0 saturated heterocycles. The molecule has 0 radical (unpaired) electrons. The predicted molar refractivity (Wildman–Crippen MR) is 234 cm³/mol. The Balaban J connectivity index is 0.00000149. The summed E-state index contributed by atoms with van der Waals surface area (Å²) in [7, 11) is 1.27. The summed E-state index contributed by atoms with van der Waals surface area (Å²) in [5.41, 5.74) is 9.54. The highest BCUT2D eigenvalue weighted by Crippen LogP contribution is 2.52. The summed E-state index contributed by atoms with van der Waals surface area (Å²) in [6, 6.07) is 10.0. The number of benzene rings is 2. The van der Waals surface area contributed by atoms with Crippen molar-refractivity contribution in [3.8, 4) is 24.1 Å². The fourth-order valence-electron chi connectivity index (χ4n) is 5.20. The summed E-state index contributed by atoms with van der Waals surface area (Å²) in [6.45, 7) is 11.5. The lowest BCUT2D eigenvalue weighted by atomic mass is 10.0. The van der Waals surface area contributed by atoms with Gasteiger partial charge in [-0.3, -0.25) is 29.5 Å². The molecule has 0 bridgehead atoms. The topological polar surface area (TPSA) is 170 Å². The van der Waals surface area contributed by atoms with E-state index < -0.39 is 55.8 Å². The summed E-state index contributed by atoms with van der Waals surface area (Å²) in [4.78, 5) is 35.6. The average Bonchev–Trinajstić information content (AvgIpc) is 3.88. The number of carbonyl (C=O) groups excluding carboxylic acids is 2. The van der Waals surface area contributed by atoms with E-state index in [4.69, 9.17) is 26.9 Å². The highest BCUT2D eigenvalue weighted by atomic mass is 35.5. The van der Waals surface area contributed by atoms with Gasteiger partial charge < -0.3 is 16.2 Å². The standard InChI is InChI=1S/C32H29ClF7N9O2.C5H12.C2H6.C2H2.CH3NO/c1-42-17-45-47(15-27(34)35)25-12-19(3-6-22(25)33)26(16-51-31(9-10-31)32(38,39)40)49(30(41)43-2)28(50)20-5-8-23-18(11-20)4-7-24(46-23)21-13-44-48(14-21)29(36)37;1-5(2,3)4;2*1-2;2-1-3/h3-8,11-14,17,26-27,29H,1,9-10,15-16H2,2H3,(H2,41,43);1-4H3;1-2H3;1-2H;1H,(H2,2,3)/b45-17-;;;;/t26-;;;;/m1..../s1. The quantitative estimate of drug-likeness (QED) is 0.0336. The summed E-state index contributed by atoms with van der Waals surface area (Å²) >= 11 is 6.37. The number of aliphatic imine (C=N–C) groups is 2. The van der Waals surface area contributed by atoms with Crippen LogP contribution in [0.25, 0.3) is 22.2 Å². The molecule has 1 atom stereocenters. The third-order valence-electron chi connectivity index (χ3n) is 7.99. The Hall–Kier alpha value is -6.07. The molecular formula is C42H52ClF7N10O3. The third-order valence-corrected chi connectivity index (χ3v) is 8.31. The Kier molecular flexibility index (Phi) is 21.9. The van der Waals surface area contributed by atoms with E-state index >= 15 is 0 Å². The minimum absolute atomic E-state index is 0.0197. The number of terminal acetylenes is 1. The SMILES string of the molecule is C#C.C=N/C=N\N(CC(F)F)c1cc([C@@H](COC2(C(F)(F)F)CC2)N(C(=O)c2ccc3nc(-c4cnn(C(F)F)c4)ccc3c2)C(N)=NC)ccc1Cl.CC.CC(C)(C)C.NC=O. The van der Waals surface area contributed by atoms with E-state index in [9.17, 15) is 35.5 Å². The maximum absolute atomic E-state index is 14.3. The van der Waals surface area contributed by atoms with Gasteiger partial charge in [-0.25, -0.2) is 18.4 Å². The molecule has 13 nitrogen and oxygen atoms in total. The van der Waals surface area contributed by atoms with Gasteiger partial charge in [-0.1, -0.05) is 65.3 Å². The molecule has 5 rings (SSSR count). The largest absolute Gasteiger partial charge is 0.417 e. The Bertz CT molecular complexity index is 2160. The molecule has 1 saturated carbocycles. The third kappa shape index (κ3) is 16.3. The molecular weight excluding hydrogens is 861 g/mol. The first kappa shape index (κ1) is 54.9. The summed E-state index contributed by atoms with van der Waals surface area (Å²) in [5, 5.41) is 8.68. The van der Waals surface area contributed by atoms with Crippen molar-refractivity contribution in [1.29, 1.82) is 0 Å². The van der Waals surface area contributed by atoms with Crippen LogP contribution >= 0.6 is 11.6 Å². The monoisotopic (exact) mass is 912 g/mol. The smallest absolute Gasteiger partial charge is 0.372 e. The number of aromatic nitrogens is 3. The van der Waals surface area contributed by atoms with E-state index in [1.54, 1.807) is 6.07 Å². The van der Waals surface area contributed by atoms with E-state index in [2.05, 4.69) is 78.2 Å². The lowest BCUT2D eigenvalue weighted by molar-refractivity contribution is -0.238. The van der Waals surface area contributed by atoms with Crippen molar-refractivity contribution in [2.75, 3.05) is 25.2 Å². The zero-order valence-electron chi connectivity index (χ0n) is 35.8. The van der Waals surface area contributed by atoms with Crippen molar-refractivity contribution in [2.24, 2.45) is 32.0 Å². The number of amides is 2. The highest BCUT2D eigenvalue weighted by molar-refractivity contribution is 6.33. The second-order valence-electron chi connectivity index (χ2n) is 14.4. The normalized spacial score (nSPS) is 13.5. The number of hydrazone groups is 1. The first-order chi connectivity index (χ1) is 29.6. The van der Waals surface area contributed by atoms with Crippen LogP contribution in [-0.4, -0.2) is 89.4 Å². The molecule has 0 unspecified atom stereocenters. The van der Waals surface area contributed by atoms with Crippen molar-refractivity contribution in [3.05, 3.63) is 77.1 Å². The van der Waals surface area contributed by atoms with Crippen LogP contribution in [0.2, 0.25) is 5.02 Å². The maximum atomic E-state index is 14.3. The Morgan fingerprint density at radius 1 is 1.06 bits per heavy atom. The van der Waals surface area contributed by atoms with Gasteiger partial charge in [0, 0.05) is 29.8 Å². The van der Waals surface area contributed by atoms with Crippen LogP contribution in [0.3, 0.4) is 0 Å². The molecule has 2 aromatic carbocycles. The number of anilines is 1. The summed E-state index contributed by atoms with van der Waals surface area (Å²) in [6.07, 6.45) is 3.28. The van der Waals surface area contributed by atoms with Gasteiger partial charge in [0.25, 0.3) is 12.3 Å². The van der Waals surface area contributed by atoms with Crippen LogP contribution in [0.5, 0.6) is 0 Å². The number of alkyl halides is 7. The second-order valence-corrected chi connectivity index (χ2v) is 14.8. The van der Waals surface area contributed by atoms with Gasteiger partial charge in [0.05, 0.1) is 40.8 Å². The first-order valence-electron chi connectivity index (χ1n) is 18.9. The lowest BCUT2D eigenvalue weighted by Crippen LogP contribution is -2.47. The number of guanidine groups is 1. The Labute approximate surface area is 367 Å². The van der Waals surface area contributed by atoms with Gasteiger partial charge in [0.15, 0.2) is 11.6 Å². The number of nitrogens with zero attached hydrogens (tertiary/aromatic N) is 8. The minimum atomic E-state index is -4.72. The maximum Gasteiger partial charge on any atom is 0.417 e. The molecule has 344 valence electrons. The van der Waals surface area contributed by atoms with Crippen molar-refractivity contribution < 1.29 is 45.1 Å². The number of pyridine rings is 1. The summed E-state index contributed by atoms with van der Waals surface area (Å²) < 4.78 is 101. The molecule has 2 heterocycles. The van der Waals surface area contributed by atoms with E-state index in [1.165, 1.54) is 55.7 Å². The van der Waals surface area contributed by atoms with Crippen LogP contribution in [0, 0.1) is 18.3 Å². The zero-order valence-corrected chi connectivity index (χ0v) is 36.6. The number of fused-ring (bicyclic) bond motifs is 1. The number of ether oxygens (including phenoxy) is 1. The molecule has 1 aliphatic carbocycles. The van der Waals surface area contributed by atoms with Crippen LogP contribution < -0.4 is 16.5 Å². The molecule has 2 aromatic heterocycles. The molecule has 0 spiro atoms. The van der Waals surface area contributed by atoms with Gasteiger partial charge in [-0.2, -0.15) is 32.2 Å².